The summed E-state index contributed by atoms with van der Waals surface area (Å²) in [4.78, 5) is 4.02. The Balaban J connectivity index is 2.18. The lowest BCUT2D eigenvalue weighted by molar-refractivity contribution is 0.151. The third-order valence-corrected chi connectivity index (χ3v) is 3.21. The van der Waals surface area contributed by atoms with Crippen LogP contribution in [0.4, 0.5) is 4.39 Å². The molecule has 1 fully saturated rings. The molecular weight excluding hydrogens is 217 g/mol. The topological polar surface area (TPSA) is 33.1 Å². The number of halogens is 1. The first kappa shape index (κ1) is 10.4. The van der Waals surface area contributed by atoms with E-state index in [2.05, 4.69) is 4.98 Å². The average molecular weight is 229 g/mol. The van der Waals surface area contributed by atoms with Gasteiger partial charge in [0.2, 0.25) is 0 Å². The van der Waals surface area contributed by atoms with E-state index in [0.29, 0.717) is 5.56 Å². The van der Waals surface area contributed by atoms with Gasteiger partial charge in [0.25, 0.3) is 0 Å². The van der Waals surface area contributed by atoms with Crippen LogP contribution in [0.5, 0.6) is 0 Å². The van der Waals surface area contributed by atoms with Gasteiger partial charge in [0, 0.05) is 23.5 Å². The molecule has 0 atom stereocenters. The van der Waals surface area contributed by atoms with E-state index >= 15 is 0 Å². The molecule has 0 amide bonds. The van der Waals surface area contributed by atoms with E-state index in [0.717, 1.165) is 24.0 Å². The zero-order chi connectivity index (χ0) is 11.9. The van der Waals surface area contributed by atoms with Gasteiger partial charge < -0.3 is 5.11 Å². The molecule has 2 nitrogen and oxygen atoms in total. The van der Waals surface area contributed by atoms with Gasteiger partial charge in [-0.1, -0.05) is 18.2 Å². The van der Waals surface area contributed by atoms with Crippen molar-refractivity contribution in [3.05, 3.63) is 54.1 Å². The van der Waals surface area contributed by atoms with Crippen LogP contribution in [0.3, 0.4) is 0 Å². The zero-order valence-corrected chi connectivity index (χ0v) is 9.23. The number of hydrogen-bond acceptors (Lipinski definition) is 2. The molecule has 1 aromatic heterocycles. The van der Waals surface area contributed by atoms with E-state index in [1.165, 1.54) is 6.07 Å². The Kier molecular flexibility index (Phi) is 2.23. The maximum atomic E-state index is 13.8. The Morgan fingerprint density at radius 3 is 2.59 bits per heavy atom. The minimum absolute atomic E-state index is 0.274. The van der Waals surface area contributed by atoms with E-state index in [9.17, 15) is 9.50 Å². The second kappa shape index (κ2) is 3.64. The molecule has 0 unspecified atom stereocenters. The van der Waals surface area contributed by atoms with E-state index in [1.54, 1.807) is 36.7 Å². The number of hydrogen-bond donors (Lipinski definition) is 1. The second-order valence-electron chi connectivity index (χ2n) is 4.43. The Hall–Kier alpha value is -1.74. The molecule has 1 aromatic carbocycles. The van der Waals surface area contributed by atoms with Crippen molar-refractivity contribution in [1.82, 2.24) is 4.98 Å². The van der Waals surface area contributed by atoms with E-state index in [4.69, 9.17) is 0 Å². The number of rotatable bonds is 2. The van der Waals surface area contributed by atoms with Crippen molar-refractivity contribution in [3.63, 3.8) is 0 Å². The SMILES string of the molecule is OC1(c2cnccc2-c2ccccc2F)CC1. The smallest absolute Gasteiger partial charge is 0.131 e. The van der Waals surface area contributed by atoms with Crippen molar-refractivity contribution in [2.45, 2.75) is 18.4 Å². The molecule has 0 aliphatic heterocycles. The molecule has 1 N–H and O–H groups in total. The largest absolute Gasteiger partial charge is 0.385 e. The highest BCUT2D eigenvalue weighted by Gasteiger charge is 2.44. The predicted octanol–water partition coefficient (Wildman–Crippen LogP) is 2.87. The quantitative estimate of drug-likeness (QED) is 0.859. The first-order valence-electron chi connectivity index (χ1n) is 5.62. The van der Waals surface area contributed by atoms with Gasteiger partial charge in [-0.15, -0.1) is 0 Å². The summed E-state index contributed by atoms with van der Waals surface area (Å²) in [7, 11) is 0. The van der Waals surface area contributed by atoms with Crippen molar-refractivity contribution in [2.24, 2.45) is 0 Å². The standard InChI is InChI=1S/C14H12FNO/c15-13-4-2-1-3-11(13)10-5-8-16-9-12(10)14(17)6-7-14/h1-5,8-9,17H,6-7H2. The molecule has 0 bridgehead atoms. The zero-order valence-electron chi connectivity index (χ0n) is 9.23. The first-order valence-corrected chi connectivity index (χ1v) is 5.62. The van der Waals surface area contributed by atoms with Crippen LogP contribution in [0, 0.1) is 5.82 Å². The summed E-state index contributed by atoms with van der Waals surface area (Å²) in [5.41, 5.74) is 1.18. The van der Waals surface area contributed by atoms with Crippen LogP contribution in [0.1, 0.15) is 18.4 Å². The van der Waals surface area contributed by atoms with Gasteiger partial charge in [-0.3, -0.25) is 4.98 Å². The van der Waals surface area contributed by atoms with Gasteiger partial charge in [-0.2, -0.15) is 0 Å². The summed E-state index contributed by atoms with van der Waals surface area (Å²) in [5, 5.41) is 10.2. The molecule has 0 spiro atoms. The van der Waals surface area contributed by atoms with Crippen molar-refractivity contribution in [1.29, 1.82) is 0 Å². The third-order valence-electron chi connectivity index (χ3n) is 3.21. The molecule has 1 aliphatic rings. The fourth-order valence-corrected chi connectivity index (χ4v) is 2.07. The van der Waals surface area contributed by atoms with Gasteiger partial charge in [-0.05, 0) is 30.5 Å². The molecule has 1 saturated carbocycles. The van der Waals surface area contributed by atoms with Crippen LogP contribution < -0.4 is 0 Å². The summed E-state index contributed by atoms with van der Waals surface area (Å²) < 4.78 is 13.8. The second-order valence-corrected chi connectivity index (χ2v) is 4.43. The average Bonchev–Trinajstić information content (AvgIpc) is 3.09. The van der Waals surface area contributed by atoms with Crippen LogP contribution in [0.15, 0.2) is 42.7 Å². The number of pyridine rings is 1. The molecule has 17 heavy (non-hydrogen) atoms. The lowest BCUT2D eigenvalue weighted by Crippen LogP contribution is -2.07. The molecule has 86 valence electrons. The normalized spacial score (nSPS) is 16.8. The van der Waals surface area contributed by atoms with Gasteiger partial charge in [-0.25, -0.2) is 4.39 Å². The summed E-state index contributed by atoms with van der Waals surface area (Å²) in [6.45, 7) is 0. The maximum absolute atomic E-state index is 13.8. The highest BCUT2D eigenvalue weighted by molar-refractivity contribution is 5.69. The molecule has 3 rings (SSSR count). The third kappa shape index (κ3) is 1.72. The fraction of sp³-hybridized carbons (Fsp3) is 0.214. The van der Waals surface area contributed by atoms with E-state index < -0.39 is 5.60 Å². The number of nitrogens with zero attached hydrogens (tertiary/aromatic N) is 1. The van der Waals surface area contributed by atoms with Crippen LogP contribution in [-0.4, -0.2) is 10.1 Å². The van der Waals surface area contributed by atoms with Crippen LogP contribution >= 0.6 is 0 Å². The fourth-order valence-electron chi connectivity index (χ4n) is 2.07. The minimum Gasteiger partial charge on any atom is -0.385 e. The minimum atomic E-state index is -0.800. The molecule has 3 heteroatoms. The summed E-state index contributed by atoms with van der Waals surface area (Å²) >= 11 is 0. The first-order chi connectivity index (χ1) is 8.21. The number of benzene rings is 1. The molecule has 1 aliphatic carbocycles. The number of aliphatic hydroxyl groups is 1. The van der Waals surface area contributed by atoms with E-state index in [1.807, 2.05) is 0 Å². The summed E-state index contributed by atoms with van der Waals surface area (Å²) in [6.07, 6.45) is 4.70. The maximum Gasteiger partial charge on any atom is 0.131 e. The highest BCUT2D eigenvalue weighted by atomic mass is 19.1. The summed E-state index contributed by atoms with van der Waals surface area (Å²) in [6, 6.07) is 8.35. The molecular formula is C14H12FNO. The van der Waals surface area contributed by atoms with Crippen LogP contribution in [0.25, 0.3) is 11.1 Å². The molecule has 0 radical (unpaired) electrons. The van der Waals surface area contributed by atoms with Crippen molar-refractivity contribution < 1.29 is 9.50 Å². The Bertz CT molecular complexity index is 564. The van der Waals surface area contributed by atoms with Gasteiger partial charge in [0.15, 0.2) is 0 Å². The van der Waals surface area contributed by atoms with E-state index in [-0.39, 0.29) is 5.82 Å². The predicted molar refractivity (Wildman–Crippen MR) is 62.8 cm³/mol. The van der Waals surface area contributed by atoms with Gasteiger partial charge in [0.1, 0.15) is 5.82 Å². The van der Waals surface area contributed by atoms with Gasteiger partial charge >= 0.3 is 0 Å². The van der Waals surface area contributed by atoms with Crippen molar-refractivity contribution in [3.8, 4) is 11.1 Å². The Labute approximate surface area is 98.8 Å². The molecule has 0 saturated heterocycles. The van der Waals surface area contributed by atoms with Crippen molar-refractivity contribution in [2.75, 3.05) is 0 Å². The van der Waals surface area contributed by atoms with Crippen LogP contribution in [0.2, 0.25) is 0 Å². The van der Waals surface area contributed by atoms with Gasteiger partial charge in [0.05, 0.1) is 5.60 Å². The lowest BCUT2D eigenvalue weighted by atomic mass is 9.97. The highest BCUT2D eigenvalue weighted by Crippen LogP contribution is 2.48. The number of aromatic nitrogens is 1. The summed E-state index contributed by atoms with van der Waals surface area (Å²) in [5.74, 6) is -0.274. The molecule has 1 heterocycles. The Morgan fingerprint density at radius 2 is 1.88 bits per heavy atom. The Morgan fingerprint density at radius 1 is 1.12 bits per heavy atom. The molecule has 2 aromatic rings. The van der Waals surface area contributed by atoms with Crippen molar-refractivity contribution >= 4 is 0 Å². The lowest BCUT2D eigenvalue weighted by Gasteiger charge is -2.14. The monoisotopic (exact) mass is 229 g/mol. The van der Waals surface area contributed by atoms with Crippen LogP contribution in [-0.2, 0) is 5.60 Å².